The quantitative estimate of drug-likeness (QED) is 0.324. The molecule has 0 aliphatic heterocycles. The smallest absolute Gasteiger partial charge is 1.00 e. The Kier molecular flexibility index (Phi) is 7.73. The largest absolute Gasteiger partial charge is 1.00 e. The van der Waals surface area contributed by atoms with Gasteiger partial charge in [-0.25, -0.2) is 0 Å². The number of rotatable bonds is 4. The van der Waals surface area contributed by atoms with Gasteiger partial charge >= 0.3 is 51.4 Å². The third-order valence-electron chi connectivity index (χ3n) is 5.58. The minimum Gasteiger partial charge on any atom is -1.00 e. The maximum absolute atomic E-state index is 5.86. The summed E-state index contributed by atoms with van der Waals surface area (Å²) >= 11 is 0. The van der Waals surface area contributed by atoms with Crippen LogP contribution in [0.3, 0.4) is 0 Å². The fourth-order valence-corrected chi connectivity index (χ4v) is 3.34. The van der Waals surface area contributed by atoms with Gasteiger partial charge in [0.25, 0.3) is 0 Å². The summed E-state index contributed by atoms with van der Waals surface area (Å²) in [5.74, 6) is 0.934. The summed E-state index contributed by atoms with van der Waals surface area (Å²) < 4.78 is 0. The van der Waals surface area contributed by atoms with Gasteiger partial charge in [0.1, 0.15) is 0 Å². The van der Waals surface area contributed by atoms with Crippen molar-refractivity contribution in [3.05, 3.63) is 35.5 Å². The first-order chi connectivity index (χ1) is 8.55. The Morgan fingerprint density at radius 2 is 1.85 bits per heavy atom. The molecule has 0 fully saturated rings. The van der Waals surface area contributed by atoms with Crippen molar-refractivity contribution in [1.29, 1.82) is 0 Å². The van der Waals surface area contributed by atoms with Crippen LogP contribution in [0.1, 0.15) is 63.2 Å². The third kappa shape index (κ3) is 3.78. The average molecular weight is 299 g/mol. The van der Waals surface area contributed by atoms with E-state index in [0.717, 1.165) is 17.6 Å². The monoisotopic (exact) mass is 298 g/mol. The van der Waals surface area contributed by atoms with Gasteiger partial charge in [0.05, 0.1) is 0 Å². The van der Waals surface area contributed by atoms with Crippen LogP contribution in [-0.2, 0) is 0 Å². The average Bonchev–Trinajstić information content (AvgIpc) is 2.45. The molecule has 0 aromatic carbocycles. The summed E-state index contributed by atoms with van der Waals surface area (Å²) in [5, 5.41) is 0. The van der Waals surface area contributed by atoms with Gasteiger partial charge in [0.2, 0.25) is 0 Å². The maximum atomic E-state index is 5.86. The van der Waals surface area contributed by atoms with Crippen LogP contribution in [0.15, 0.2) is 22.8 Å². The van der Waals surface area contributed by atoms with Gasteiger partial charge in [-0.2, -0.15) is 0 Å². The van der Waals surface area contributed by atoms with Gasteiger partial charge in [0.15, 0.2) is 0 Å². The first-order valence-corrected chi connectivity index (χ1v) is 7.46. The van der Waals surface area contributed by atoms with Crippen LogP contribution in [-0.4, -0.2) is 0 Å². The molecular formula is C19H31K-2. The van der Waals surface area contributed by atoms with E-state index in [4.69, 9.17) is 6.58 Å². The van der Waals surface area contributed by atoms with Gasteiger partial charge in [-0.1, -0.05) is 53.2 Å². The second kappa shape index (κ2) is 7.42. The molecule has 1 rings (SSSR count). The van der Waals surface area contributed by atoms with Crippen LogP contribution >= 0.6 is 0 Å². The van der Waals surface area contributed by atoms with Gasteiger partial charge in [-0.3, -0.25) is 0 Å². The van der Waals surface area contributed by atoms with E-state index in [0.29, 0.717) is 11.8 Å². The number of hydrogen-bond donors (Lipinski definition) is 0. The summed E-state index contributed by atoms with van der Waals surface area (Å²) in [4.78, 5) is 0. The van der Waals surface area contributed by atoms with E-state index in [2.05, 4.69) is 60.6 Å². The molecule has 0 aromatic heterocycles. The van der Waals surface area contributed by atoms with Crippen molar-refractivity contribution >= 4 is 0 Å². The van der Waals surface area contributed by atoms with E-state index >= 15 is 0 Å². The first kappa shape index (κ1) is 20.9. The van der Waals surface area contributed by atoms with Crippen molar-refractivity contribution in [2.75, 3.05) is 0 Å². The standard InChI is InChI=1S/C19H30.K.H/c1-10-16-12-17(19(8,9)18(16,6)7)15(5)11-14(4)13(2)3;;/h2,12,15,17H,10H2,1,3-9H3;;/q-2;+1;-1/i;;1+0. The Balaban J connectivity index is 0. The number of hydrogen-bond acceptors (Lipinski definition) is 0. The van der Waals surface area contributed by atoms with Crippen molar-refractivity contribution in [2.24, 2.45) is 22.7 Å². The summed E-state index contributed by atoms with van der Waals surface area (Å²) in [6.07, 6.45) is 7.21. The summed E-state index contributed by atoms with van der Waals surface area (Å²) in [5.41, 5.74) is 4.08. The summed E-state index contributed by atoms with van der Waals surface area (Å²) in [7, 11) is 0. The van der Waals surface area contributed by atoms with Crippen molar-refractivity contribution < 1.29 is 52.8 Å². The minimum absolute atomic E-state index is 0. The van der Waals surface area contributed by atoms with Crippen molar-refractivity contribution in [1.82, 2.24) is 0 Å². The summed E-state index contributed by atoms with van der Waals surface area (Å²) in [6.45, 7) is 23.9. The molecule has 2 unspecified atom stereocenters. The Labute approximate surface area is 171 Å². The molecule has 0 saturated heterocycles. The molecule has 0 bridgehead atoms. The molecule has 0 aromatic rings. The second-order valence-electron chi connectivity index (χ2n) is 7.16. The molecule has 1 aliphatic carbocycles. The van der Waals surface area contributed by atoms with Crippen LogP contribution in [0.2, 0.25) is 0 Å². The molecule has 0 spiro atoms. The van der Waals surface area contributed by atoms with Crippen LogP contribution in [0, 0.1) is 35.3 Å². The van der Waals surface area contributed by atoms with E-state index in [1.165, 1.54) is 0 Å². The molecule has 1 heteroatoms. The Morgan fingerprint density at radius 1 is 1.35 bits per heavy atom. The van der Waals surface area contributed by atoms with E-state index in [1.807, 2.05) is 6.92 Å². The molecule has 2 atom stereocenters. The fourth-order valence-electron chi connectivity index (χ4n) is 3.34. The molecule has 0 heterocycles. The molecule has 110 valence electrons. The van der Waals surface area contributed by atoms with Crippen LogP contribution in [0.4, 0.5) is 0 Å². The van der Waals surface area contributed by atoms with Crippen molar-refractivity contribution in [3.8, 4) is 0 Å². The van der Waals surface area contributed by atoms with Gasteiger partial charge in [-0.15, -0.1) is 19.8 Å². The Morgan fingerprint density at radius 3 is 2.20 bits per heavy atom. The zero-order valence-corrected chi connectivity index (χ0v) is 18.1. The molecular weight excluding hydrogens is 267 g/mol. The molecule has 0 saturated carbocycles. The van der Waals surface area contributed by atoms with Crippen molar-refractivity contribution in [2.45, 2.75) is 61.8 Å². The molecule has 0 radical (unpaired) electrons. The van der Waals surface area contributed by atoms with Crippen LogP contribution < -0.4 is 51.4 Å². The van der Waals surface area contributed by atoms with Gasteiger partial charge < -0.3 is 25.2 Å². The molecule has 20 heavy (non-hydrogen) atoms. The van der Waals surface area contributed by atoms with E-state index in [9.17, 15) is 0 Å². The third-order valence-corrected chi connectivity index (χ3v) is 5.58. The number of allylic oxidation sites excluding steroid dienone is 5. The van der Waals surface area contributed by atoms with E-state index < -0.39 is 0 Å². The molecule has 0 N–H and O–H groups in total. The zero-order chi connectivity index (χ0) is 15.0. The van der Waals surface area contributed by atoms with Gasteiger partial charge in [-0.05, 0) is 23.2 Å². The fraction of sp³-hybridized carbons (Fsp3) is 0.684. The molecule has 0 amide bonds. The van der Waals surface area contributed by atoms with Crippen LogP contribution in [0.5, 0.6) is 0 Å². The summed E-state index contributed by atoms with van der Waals surface area (Å²) in [6, 6.07) is 0. The van der Waals surface area contributed by atoms with Crippen LogP contribution in [0.25, 0.3) is 0 Å². The maximum Gasteiger partial charge on any atom is 1.00 e. The van der Waals surface area contributed by atoms with E-state index in [1.54, 1.807) is 5.57 Å². The zero-order valence-electron chi connectivity index (χ0n) is 16.0. The predicted octanol–water partition coefficient (Wildman–Crippen LogP) is 2.89. The SMILES string of the molecule is [1H-].[CH-]=C(C)C(C)=[C-]C(C)C1C=C(CC)C(C)(C)C1(C)C.[K+]. The predicted molar refractivity (Wildman–Crippen MR) is 85.6 cm³/mol. The topological polar surface area (TPSA) is 0 Å². The Bertz CT molecular complexity index is 427. The normalized spacial score (nSPS) is 25.7. The van der Waals surface area contributed by atoms with Gasteiger partial charge in [0, 0.05) is 0 Å². The molecule has 1 aliphatic rings. The Hall–Kier alpha value is 0.856. The van der Waals surface area contributed by atoms with E-state index in [-0.39, 0.29) is 63.6 Å². The second-order valence-corrected chi connectivity index (χ2v) is 7.16. The van der Waals surface area contributed by atoms with Crippen molar-refractivity contribution in [3.63, 3.8) is 0 Å². The molecule has 0 nitrogen and oxygen atoms in total. The first-order valence-electron chi connectivity index (χ1n) is 7.46. The minimum atomic E-state index is 0.